The summed E-state index contributed by atoms with van der Waals surface area (Å²) in [4.78, 5) is 27.5. The molecule has 0 atom stereocenters. The lowest BCUT2D eigenvalue weighted by Gasteiger charge is -2.42. The molecule has 0 bridgehead atoms. The summed E-state index contributed by atoms with van der Waals surface area (Å²) in [7, 11) is 4.10. The first-order chi connectivity index (χ1) is 34.7. The number of anilines is 3. The molecule has 2 aliphatic rings. The van der Waals surface area contributed by atoms with E-state index in [2.05, 4.69) is 188 Å². The first-order valence-corrected chi connectivity index (χ1v) is 24.7. The number of benzene rings is 9. The van der Waals surface area contributed by atoms with Crippen molar-refractivity contribution >= 4 is 72.6 Å². The number of carbonyl (C=O) groups excluding carboxylic acids is 1. The van der Waals surface area contributed by atoms with Crippen molar-refractivity contribution < 1.29 is 13.9 Å². The number of hydrazone groups is 1. The summed E-state index contributed by atoms with van der Waals surface area (Å²) >= 11 is 0. The summed E-state index contributed by atoms with van der Waals surface area (Å²) in [5.41, 5.74) is 10.2. The quantitative estimate of drug-likeness (QED) is 0.0944. The second kappa shape index (κ2) is 17.2. The third-order valence-corrected chi connectivity index (χ3v) is 14.8. The van der Waals surface area contributed by atoms with Crippen molar-refractivity contribution in [3.05, 3.63) is 192 Å². The summed E-state index contributed by atoms with van der Waals surface area (Å²) in [6.07, 6.45) is 1.90. The highest BCUT2D eigenvalue weighted by Gasteiger charge is 2.57. The van der Waals surface area contributed by atoms with Crippen LogP contribution in [0.5, 0.6) is 11.5 Å². The third-order valence-electron chi connectivity index (χ3n) is 14.8. The Hall–Kier alpha value is -8.43. The fraction of sp³-hybridized carbons (Fsp3) is 0.177. The summed E-state index contributed by atoms with van der Waals surface area (Å²) in [6, 6.07) is 56.9. The Labute approximate surface area is 413 Å². The van der Waals surface area contributed by atoms with E-state index in [1.165, 1.54) is 0 Å². The van der Waals surface area contributed by atoms with Crippen molar-refractivity contribution in [2.24, 2.45) is 5.10 Å². The van der Waals surface area contributed by atoms with Crippen molar-refractivity contribution in [2.45, 2.75) is 33.2 Å². The second-order valence-corrected chi connectivity index (χ2v) is 18.7. The highest BCUT2D eigenvalue weighted by atomic mass is 16.5. The fourth-order valence-electron chi connectivity index (χ4n) is 11.1. The molecule has 0 saturated heterocycles. The maximum Gasteiger partial charge on any atom is 0.275 e. The molecule has 3 heterocycles. The van der Waals surface area contributed by atoms with Gasteiger partial charge in [0.2, 0.25) is 5.89 Å². The first kappa shape index (κ1) is 43.8. The van der Waals surface area contributed by atoms with Crippen LogP contribution in [0.4, 0.5) is 17.1 Å². The molecule has 1 amide bonds. The van der Waals surface area contributed by atoms with E-state index in [9.17, 15) is 0 Å². The Bertz CT molecular complexity index is 3670. The van der Waals surface area contributed by atoms with Gasteiger partial charge >= 0.3 is 0 Å². The van der Waals surface area contributed by atoms with Gasteiger partial charge in [-0.25, -0.2) is 9.99 Å². The SMILES string of the molecule is CCN(CC)c1ccc2c(c1)Oc1cc(N(CC)CC)ccc1C21c2ccc(-c3ccc4nc(-c5ccc6cc(N(C)C)ccc6c5)oc4c3)cc2C(=O)N1/N=C/c1c2ccccc2cc2ccccc12. The molecular weight excluding hydrogens is 877 g/mol. The number of hydrogen-bond acceptors (Lipinski definition) is 8. The van der Waals surface area contributed by atoms with Crippen LogP contribution in [0.25, 0.3) is 66.0 Å². The van der Waals surface area contributed by atoms with Crippen LogP contribution in [0.3, 0.4) is 0 Å². The summed E-state index contributed by atoms with van der Waals surface area (Å²) in [6.45, 7) is 12.0. The Morgan fingerprint density at radius 1 is 0.563 bits per heavy atom. The summed E-state index contributed by atoms with van der Waals surface area (Å²) in [5, 5.41) is 13.7. The van der Waals surface area contributed by atoms with E-state index in [1.54, 1.807) is 5.01 Å². The molecule has 1 spiro atoms. The van der Waals surface area contributed by atoms with Gasteiger partial charge in [-0.05, 0) is 132 Å². The van der Waals surface area contributed by atoms with Crippen LogP contribution in [-0.4, -0.2) is 62.4 Å². The van der Waals surface area contributed by atoms with E-state index in [4.69, 9.17) is 19.2 Å². The van der Waals surface area contributed by atoms with E-state index >= 15 is 4.79 Å². The van der Waals surface area contributed by atoms with Gasteiger partial charge in [-0.3, -0.25) is 4.79 Å². The molecule has 10 aromatic rings. The standard InChI is InChI=1S/C62H54N6O3/c1-7-66(8-2)47-25-28-54-57(36-47)70-58-37-48(67(9-3)10-4)26-29-55(58)62(54)53-27-22-41(34-51(53)61(69)68(62)63-38-52-49-17-13-11-15-43(49)32-44-16-12-14-18-50(44)52)42-23-30-56-59(35-42)71-60(64-56)45-20-19-40-33-46(65(5)6)24-21-39(40)31-45/h11-38H,7-10H2,1-6H3/b63-38+. The number of nitrogens with zero attached hydrogens (tertiary/aromatic N) is 6. The second-order valence-electron chi connectivity index (χ2n) is 18.7. The Balaban J connectivity index is 1.04. The molecule has 0 radical (unpaired) electrons. The van der Waals surface area contributed by atoms with Crippen LogP contribution in [0.1, 0.15) is 60.3 Å². The molecule has 9 nitrogen and oxygen atoms in total. The Kier molecular flexibility index (Phi) is 10.6. The molecule has 2 aliphatic heterocycles. The highest BCUT2D eigenvalue weighted by molar-refractivity contribution is 6.14. The van der Waals surface area contributed by atoms with Crippen LogP contribution in [0.2, 0.25) is 0 Å². The van der Waals surface area contributed by atoms with Crippen molar-refractivity contribution in [2.75, 3.05) is 55.0 Å². The Morgan fingerprint density at radius 2 is 1.13 bits per heavy atom. The minimum absolute atomic E-state index is 0.209. The van der Waals surface area contributed by atoms with Crippen LogP contribution >= 0.6 is 0 Å². The van der Waals surface area contributed by atoms with Gasteiger partial charge in [0.25, 0.3) is 5.91 Å². The zero-order chi connectivity index (χ0) is 48.5. The van der Waals surface area contributed by atoms with Crippen molar-refractivity contribution in [1.29, 1.82) is 0 Å². The van der Waals surface area contributed by atoms with Crippen molar-refractivity contribution in [1.82, 2.24) is 9.99 Å². The number of hydrogen-bond donors (Lipinski definition) is 0. The van der Waals surface area contributed by atoms with E-state index in [0.29, 0.717) is 28.5 Å². The number of ether oxygens (including phenoxy) is 1. The lowest BCUT2D eigenvalue weighted by molar-refractivity contribution is 0.0675. The minimum atomic E-state index is -1.19. The van der Waals surface area contributed by atoms with Crippen molar-refractivity contribution in [3.8, 4) is 34.1 Å². The molecule has 0 saturated carbocycles. The van der Waals surface area contributed by atoms with Gasteiger partial charge < -0.3 is 23.9 Å². The molecule has 0 N–H and O–H groups in total. The van der Waals surface area contributed by atoms with Crippen LogP contribution < -0.4 is 19.4 Å². The molecule has 0 unspecified atom stereocenters. The first-order valence-electron chi connectivity index (χ1n) is 24.7. The van der Waals surface area contributed by atoms with Gasteiger partial charge in [0.05, 0.1) is 6.21 Å². The maximum absolute atomic E-state index is 15.8. The average Bonchev–Trinajstić information content (AvgIpc) is 3.94. The van der Waals surface area contributed by atoms with Gasteiger partial charge in [0.15, 0.2) is 5.58 Å². The average molecular weight is 931 g/mol. The summed E-state index contributed by atoms with van der Waals surface area (Å²) < 4.78 is 13.6. The molecule has 9 aromatic carbocycles. The lowest BCUT2D eigenvalue weighted by atomic mass is 9.75. The monoisotopic (exact) mass is 930 g/mol. The van der Waals surface area contributed by atoms with Crippen molar-refractivity contribution in [3.63, 3.8) is 0 Å². The molecule has 0 fully saturated rings. The normalized spacial score (nSPS) is 13.6. The van der Waals surface area contributed by atoms with E-state index in [-0.39, 0.29) is 5.91 Å². The fourth-order valence-corrected chi connectivity index (χ4v) is 11.1. The number of carbonyl (C=O) groups is 1. The smallest absolute Gasteiger partial charge is 0.275 e. The third kappa shape index (κ3) is 7.01. The predicted octanol–water partition coefficient (Wildman–Crippen LogP) is 14.3. The topological polar surface area (TPSA) is 77.7 Å². The van der Waals surface area contributed by atoms with Gasteiger partial charge in [-0.2, -0.15) is 5.10 Å². The van der Waals surface area contributed by atoms with Gasteiger partial charge in [-0.15, -0.1) is 0 Å². The number of oxazole rings is 1. The Morgan fingerprint density at radius 3 is 1.77 bits per heavy atom. The molecule has 1 aromatic heterocycles. The number of rotatable bonds is 11. The minimum Gasteiger partial charge on any atom is -0.456 e. The van der Waals surface area contributed by atoms with Gasteiger partial charge in [-0.1, -0.05) is 91.0 Å². The maximum atomic E-state index is 15.8. The zero-order valence-corrected chi connectivity index (χ0v) is 40.9. The number of amides is 1. The van der Waals surface area contributed by atoms with E-state index < -0.39 is 5.54 Å². The molecule has 12 rings (SSSR count). The molecule has 350 valence electrons. The van der Waals surface area contributed by atoms with Gasteiger partial charge in [0.1, 0.15) is 22.6 Å². The van der Waals surface area contributed by atoms with Crippen LogP contribution in [-0.2, 0) is 5.54 Å². The molecular formula is C62H54N6O3. The molecule has 9 heteroatoms. The largest absolute Gasteiger partial charge is 0.456 e. The number of fused-ring (bicyclic) bond motifs is 10. The molecule has 71 heavy (non-hydrogen) atoms. The van der Waals surface area contributed by atoms with E-state index in [0.717, 1.165) is 120 Å². The van der Waals surface area contributed by atoms with E-state index in [1.807, 2.05) is 38.5 Å². The highest BCUT2D eigenvalue weighted by Crippen LogP contribution is 2.59. The summed E-state index contributed by atoms with van der Waals surface area (Å²) in [5.74, 6) is 1.73. The van der Waals surface area contributed by atoms with Crippen LogP contribution in [0.15, 0.2) is 173 Å². The zero-order valence-electron chi connectivity index (χ0n) is 40.9. The predicted molar refractivity (Wildman–Crippen MR) is 292 cm³/mol. The lowest BCUT2D eigenvalue weighted by Crippen LogP contribution is -2.44. The number of aromatic nitrogens is 1. The molecule has 0 aliphatic carbocycles. The van der Waals surface area contributed by atoms with Gasteiger partial charge in [0, 0.05) is 103 Å². The van der Waals surface area contributed by atoms with Crippen LogP contribution in [0, 0.1) is 0 Å².